The SMILES string of the molecule is CCC1CN(C2CCC(C#N)(NC)C2)CCO1. The zero-order chi connectivity index (χ0) is 12.3. The molecule has 1 N–H and O–H groups in total. The van der Waals surface area contributed by atoms with Crippen LogP contribution in [0.3, 0.4) is 0 Å². The molecule has 0 radical (unpaired) electrons. The van der Waals surface area contributed by atoms with E-state index in [1.807, 2.05) is 7.05 Å². The van der Waals surface area contributed by atoms with Crippen LogP contribution in [0.1, 0.15) is 32.6 Å². The quantitative estimate of drug-likeness (QED) is 0.799. The molecular weight excluding hydrogens is 214 g/mol. The van der Waals surface area contributed by atoms with Gasteiger partial charge in [-0.2, -0.15) is 5.26 Å². The van der Waals surface area contributed by atoms with Crippen LogP contribution in [0.15, 0.2) is 0 Å². The van der Waals surface area contributed by atoms with Crippen LogP contribution in [-0.4, -0.2) is 49.3 Å². The Labute approximate surface area is 104 Å². The number of rotatable bonds is 3. The number of nitrogens with zero attached hydrogens (tertiary/aromatic N) is 2. The fourth-order valence-electron chi connectivity index (χ4n) is 3.04. The zero-order valence-corrected chi connectivity index (χ0v) is 10.9. The highest BCUT2D eigenvalue weighted by Crippen LogP contribution is 2.33. The lowest BCUT2D eigenvalue weighted by molar-refractivity contribution is -0.0439. The second-order valence-corrected chi connectivity index (χ2v) is 5.24. The second-order valence-electron chi connectivity index (χ2n) is 5.24. The van der Waals surface area contributed by atoms with E-state index in [1.54, 1.807) is 0 Å². The topological polar surface area (TPSA) is 48.3 Å². The molecule has 4 nitrogen and oxygen atoms in total. The average Bonchev–Trinajstić information content (AvgIpc) is 2.84. The molecule has 1 saturated carbocycles. The smallest absolute Gasteiger partial charge is 0.108 e. The second kappa shape index (κ2) is 5.34. The Balaban J connectivity index is 1.94. The fraction of sp³-hybridized carbons (Fsp3) is 0.923. The zero-order valence-electron chi connectivity index (χ0n) is 10.9. The molecule has 1 saturated heterocycles. The maximum absolute atomic E-state index is 9.28. The van der Waals surface area contributed by atoms with Gasteiger partial charge in [0.1, 0.15) is 5.54 Å². The van der Waals surface area contributed by atoms with Crippen molar-refractivity contribution in [3.8, 4) is 6.07 Å². The highest BCUT2D eigenvalue weighted by atomic mass is 16.5. The molecule has 0 aromatic carbocycles. The number of nitrogens with one attached hydrogen (secondary N) is 1. The van der Waals surface area contributed by atoms with E-state index in [-0.39, 0.29) is 5.54 Å². The van der Waals surface area contributed by atoms with E-state index >= 15 is 0 Å². The molecule has 3 atom stereocenters. The molecule has 3 unspecified atom stereocenters. The van der Waals surface area contributed by atoms with Gasteiger partial charge in [0.25, 0.3) is 0 Å². The van der Waals surface area contributed by atoms with Gasteiger partial charge in [0.2, 0.25) is 0 Å². The van der Waals surface area contributed by atoms with Crippen molar-refractivity contribution in [2.45, 2.75) is 50.3 Å². The number of hydrogen-bond acceptors (Lipinski definition) is 4. The summed E-state index contributed by atoms with van der Waals surface area (Å²) in [5.41, 5.74) is -0.287. The van der Waals surface area contributed by atoms with E-state index in [2.05, 4.69) is 23.2 Å². The first-order valence-corrected chi connectivity index (χ1v) is 6.69. The summed E-state index contributed by atoms with van der Waals surface area (Å²) < 4.78 is 5.70. The molecule has 0 spiro atoms. The molecule has 1 heterocycles. The van der Waals surface area contributed by atoms with Crippen molar-refractivity contribution >= 4 is 0 Å². The van der Waals surface area contributed by atoms with Gasteiger partial charge in [-0.25, -0.2) is 0 Å². The van der Waals surface area contributed by atoms with Crippen LogP contribution in [0.4, 0.5) is 0 Å². The predicted molar refractivity (Wildman–Crippen MR) is 66.6 cm³/mol. The maximum Gasteiger partial charge on any atom is 0.108 e. The summed E-state index contributed by atoms with van der Waals surface area (Å²) in [7, 11) is 1.90. The lowest BCUT2D eigenvalue weighted by Crippen LogP contribution is -2.48. The van der Waals surface area contributed by atoms with Crippen molar-refractivity contribution in [2.24, 2.45) is 0 Å². The van der Waals surface area contributed by atoms with Gasteiger partial charge in [-0.3, -0.25) is 4.90 Å². The summed E-state index contributed by atoms with van der Waals surface area (Å²) in [6, 6.07) is 3.01. The first-order chi connectivity index (χ1) is 8.23. The van der Waals surface area contributed by atoms with Crippen LogP contribution in [0.5, 0.6) is 0 Å². The van der Waals surface area contributed by atoms with Crippen molar-refractivity contribution in [2.75, 3.05) is 26.7 Å². The molecule has 96 valence electrons. The van der Waals surface area contributed by atoms with Crippen molar-refractivity contribution in [3.63, 3.8) is 0 Å². The molecule has 1 aliphatic carbocycles. The van der Waals surface area contributed by atoms with Crippen LogP contribution in [0.25, 0.3) is 0 Å². The Morgan fingerprint density at radius 3 is 3.00 bits per heavy atom. The highest BCUT2D eigenvalue weighted by Gasteiger charge is 2.41. The van der Waals surface area contributed by atoms with Gasteiger partial charge in [-0.15, -0.1) is 0 Å². The minimum atomic E-state index is -0.287. The predicted octanol–water partition coefficient (Wildman–Crippen LogP) is 1.13. The van der Waals surface area contributed by atoms with Crippen molar-refractivity contribution in [3.05, 3.63) is 0 Å². The van der Waals surface area contributed by atoms with E-state index in [1.165, 1.54) is 0 Å². The molecule has 0 bridgehead atoms. The van der Waals surface area contributed by atoms with Gasteiger partial charge in [0, 0.05) is 19.1 Å². The molecule has 0 aromatic heterocycles. The molecule has 4 heteroatoms. The Bertz CT molecular complexity index is 302. The number of hydrogen-bond donors (Lipinski definition) is 1. The van der Waals surface area contributed by atoms with Crippen LogP contribution in [-0.2, 0) is 4.74 Å². The maximum atomic E-state index is 9.28. The van der Waals surface area contributed by atoms with Crippen molar-refractivity contribution < 1.29 is 4.74 Å². The Hall–Kier alpha value is -0.630. The third kappa shape index (κ3) is 2.62. The summed E-state index contributed by atoms with van der Waals surface area (Å²) in [5.74, 6) is 0. The van der Waals surface area contributed by atoms with Gasteiger partial charge < -0.3 is 10.1 Å². The van der Waals surface area contributed by atoms with Gasteiger partial charge in [-0.1, -0.05) is 6.92 Å². The molecule has 1 aliphatic heterocycles. The minimum Gasteiger partial charge on any atom is -0.376 e. The summed E-state index contributed by atoms with van der Waals surface area (Å²) in [6.07, 6.45) is 4.52. The molecule has 2 aliphatic rings. The summed E-state index contributed by atoms with van der Waals surface area (Å²) in [5, 5.41) is 12.5. The van der Waals surface area contributed by atoms with Crippen molar-refractivity contribution in [1.82, 2.24) is 10.2 Å². The summed E-state index contributed by atoms with van der Waals surface area (Å²) >= 11 is 0. The number of morpholine rings is 1. The lowest BCUT2D eigenvalue weighted by Gasteiger charge is -2.37. The largest absolute Gasteiger partial charge is 0.376 e. The summed E-state index contributed by atoms with van der Waals surface area (Å²) in [6.45, 7) is 5.07. The Kier molecular flexibility index (Phi) is 4.03. The first kappa shape index (κ1) is 12.8. The molecule has 17 heavy (non-hydrogen) atoms. The Morgan fingerprint density at radius 2 is 2.41 bits per heavy atom. The van der Waals surface area contributed by atoms with E-state index in [0.717, 1.165) is 45.4 Å². The van der Waals surface area contributed by atoms with Gasteiger partial charge >= 0.3 is 0 Å². The van der Waals surface area contributed by atoms with Crippen LogP contribution >= 0.6 is 0 Å². The van der Waals surface area contributed by atoms with Gasteiger partial charge in [-0.05, 0) is 32.7 Å². The van der Waals surface area contributed by atoms with Gasteiger partial charge in [0.15, 0.2) is 0 Å². The molecule has 2 fully saturated rings. The molecule has 0 aromatic rings. The van der Waals surface area contributed by atoms with E-state index < -0.39 is 0 Å². The fourth-order valence-corrected chi connectivity index (χ4v) is 3.04. The Morgan fingerprint density at radius 1 is 1.59 bits per heavy atom. The standard InChI is InChI=1S/C13H23N3O/c1-3-12-9-16(6-7-17-12)11-4-5-13(8-11,10-14)15-2/h11-12,15H,3-9H2,1-2H3. The van der Waals surface area contributed by atoms with E-state index in [0.29, 0.717) is 12.1 Å². The van der Waals surface area contributed by atoms with E-state index in [4.69, 9.17) is 4.74 Å². The van der Waals surface area contributed by atoms with Crippen molar-refractivity contribution in [1.29, 1.82) is 5.26 Å². The third-order valence-corrected chi connectivity index (χ3v) is 4.32. The molecule has 0 amide bonds. The van der Waals surface area contributed by atoms with Gasteiger partial charge in [0.05, 0.1) is 18.8 Å². The number of ether oxygens (including phenoxy) is 1. The third-order valence-electron chi connectivity index (χ3n) is 4.32. The molecular formula is C13H23N3O. The normalized spacial score (nSPS) is 39.1. The summed E-state index contributed by atoms with van der Waals surface area (Å²) in [4.78, 5) is 2.52. The van der Waals surface area contributed by atoms with Crippen LogP contribution in [0, 0.1) is 11.3 Å². The lowest BCUT2D eigenvalue weighted by atomic mass is 9.99. The molecule has 2 rings (SSSR count). The van der Waals surface area contributed by atoms with E-state index in [9.17, 15) is 5.26 Å². The minimum absolute atomic E-state index is 0.287. The van der Waals surface area contributed by atoms with Crippen LogP contribution in [0.2, 0.25) is 0 Å². The monoisotopic (exact) mass is 237 g/mol. The average molecular weight is 237 g/mol. The highest BCUT2D eigenvalue weighted by molar-refractivity contribution is 5.13. The van der Waals surface area contributed by atoms with Crippen LogP contribution < -0.4 is 5.32 Å². The first-order valence-electron chi connectivity index (χ1n) is 6.69. The number of nitriles is 1.